The van der Waals surface area contributed by atoms with Crippen LogP contribution in [0.15, 0.2) is 84.9 Å². The van der Waals surface area contributed by atoms with E-state index in [0.29, 0.717) is 28.6 Å². The monoisotopic (exact) mass is 431 g/mol. The number of amides is 1. The van der Waals surface area contributed by atoms with Gasteiger partial charge in [-0.3, -0.25) is 4.79 Å². The highest BCUT2D eigenvalue weighted by atomic mass is 35.5. The Balaban J connectivity index is 1.58. The van der Waals surface area contributed by atoms with Gasteiger partial charge in [0, 0.05) is 16.5 Å². The highest BCUT2D eigenvalue weighted by molar-refractivity contribution is 6.33. The molecule has 0 spiro atoms. The summed E-state index contributed by atoms with van der Waals surface area (Å²) in [5, 5.41) is 5.48. The zero-order chi connectivity index (χ0) is 21.6. The van der Waals surface area contributed by atoms with E-state index in [-0.39, 0.29) is 12.5 Å². The lowest BCUT2D eigenvalue weighted by molar-refractivity contribution is 0.102. The summed E-state index contributed by atoms with van der Waals surface area (Å²) in [7, 11) is 0. The van der Waals surface area contributed by atoms with Crippen LogP contribution < -0.4 is 14.8 Å². The number of para-hydroxylation sites is 1. The maximum Gasteiger partial charge on any atom is 0.255 e. The molecule has 0 heterocycles. The second-order valence-electron chi connectivity index (χ2n) is 6.96. The van der Waals surface area contributed by atoms with Gasteiger partial charge in [0.15, 0.2) is 0 Å². The first-order chi connectivity index (χ1) is 15.2. The predicted octanol–water partition coefficient (Wildman–Crippen LogP) is 6.72. The molecule has 4 aromatic rings. The minimum Gasteiger partial charge on any atom is -0.493 e. The highest BCUT2D eigenvalue weighted by Crippen LogP contribution is 2.28. The van der Waals surface area contributed by atoms with Crippen molar-refractivity contribution in [2.45, 2.75) is 13.5 Å². The van der Waals surface area contributed by atoms with Crippen LogP contribution in [0.3, 0.4) is 0 Å². The molecule has 156 valence electrons. The molecule has 31 heavy (non-hydrogen) atoms. The number of fused-ring (bicyclic) bond motifs is 1. The van der Waals surface area contributed by atoms with Crippen molar-refractivity contribution in [3.05, 3.63) is 101 Å². The van der Waals surface area contributed by atoms with E-state index in [1.165, 1.54) is 0 Å². The summed E-state index contributed by atoms with van der Waals surface area (Å²) < 4.78 is 11.9. The molecule has 0 aliphatic carbocycles. The van der Waals surface area contributed by atoms with Gasteiger partial charge in [-0.2, -0.15) is 0 Å². The highest BCUT2D eigenvalue weighted by Gasteiger charge is 2.13. The Labute approximate surface area is 186 Å². The third kappa shape index (κ3) is 4.81. The summed E-state index contributed by atoms with van der Waals surface area (Å²) in [4.78, 5) is 12.8. The van der Waals surface area contributed by atoms with Gasteiger partial charge in [-0.05, 0) is 48.7 Å². The van der Waals surface area contributed by atoms with Crippen LogP contribution >= 0.6 is 11.6 Å². The molecular formula is C26H22ClNO3. The average molecular weight is 432 g/mol. The Morgan fingerprint density at radius 2 is 1.65 bits per heavy atom. The normalized spacial score (nSPS) is 10.6. The standard InChI is InChI=1S/C26H22ClNO3/c1-2-30-24-15-14-19(26(29)28-23-12-6-5-11-22(23)27)16-20(24)17-31-25-13-7-9-18-8-3-4-10-21(18)25/h3-16H,2,17H2,1H3,(H,28,29). The van der Waals surface area contributed by atoms with Crippen molar-refractivity contribution in [3.63, 3.8) is 0 Å². The van der Waals surface area contributed by atoms with Crippen LogP contribution in [0.5, 0.6) is 11.5 Å². The molecule has 4 aromatic carbocycles. The summed E-state index contributed by atoms with van der Waals surface area (Å²) in [6.07, 6.45) is 0. The lowest BCUT2D eigenvalue weighted by Crippen LogP contribution is -2.13. The fraction of sp³-hybridized carbons (Fsp3) is 0.115. The van der Waals surface area contributed by atoms with Crippen molar-refractivity contribution in [1.82, 2.24) is 0 Å². The van der Waals surface area contributed by atoms with Gasteiger partial charge in [-0.15, -0.1) is 0 Å². The molecule has 1 N–H and O–H groups in total. The molecule has 0 atom stereocenters. The van der Waals surface area contributed by atoms with E-state index < -0.39 is 0 Å². The molecule has 1 amide bonds. The molecule has 5 heteroatoms. The van der Waals surface area contributed by atoms with Gasteiger partial charge >= 0.3 is 0 Å². The largest absolute Gasteiger partial charge is 0.493 e. The molecule has 0 saturated heterocycles. The van der Waals surface area contributed by atoms with E-state index in [0.717, 1.165) is 22.1 Å². The molecule has 0 aliphatic heterocycles. The zero-order valence-electron chi connectivity index (χ0n) is 17.1. The molecule has 0 aliphatic rings. The SMILES string of the molecule is CCOc1ccc(C(=O)Nc2ccccc2Cl)cc1COc1cccc2ccccc12. The Hall–Kier alpha value is -3.50. The Kier molecular flexibility index (Phi) is 6.39. The number of halogens is 1. The number of hydrogen-bond acceptors (Lipinski definition) is 3. The molecule has 0 radical (unpaired) electrons. The van der Waals surface area contributed by atoms with Crippen LogP contribution in [0.4, 0.5) is 5.69 Å². The van der Waals surface area contributed by atoms with E-state index in [9.17, 15) is 4.79 Å². The molecule has 4 rings (SSSR count). The van der Waals surface area contributed by atoms with Crippen LogP contribution in [0, 0.1) is 0 Å². The summed E-state index contributed by atoms with van der Waals surface area (Å²) in [5.41, 5.74) is 1.86. The van der Waals surface area contributed by atoms with E-state index in [1.807, 2.05) is 61.5 Å². The van der Waals surface area contributed by atoms with Crippen LogP contribution in [0.1, 0.15) is 22.8 Å². The number of ether oxygens (including phenoxy) is 2. The number of benzene rings is 4. The number of nitrogens with one attached hydrogen (secondary N) is 1. The van der Waals surface area contributed by atoms with Gasteiger partial charge in [0.05, 0.1) is 17.3 Å². The lowest BCUT2D eigenvalue weighted by Gasteiger charge is -2.15. The second kappa shape index (κ2) is 9.54. The van der Waals surface area contributed by atoms with Crippen LogP contribution in [-0.4, -0.2) is 12.5 Å². The molecular weight excluding hydrogens is 410 g/mol. The molecule has 4 nitrogen and oxygen atoms in total. The predicted molar refractivity (Wildman–Crippen MR) is 125 cm³/mol. The van der Waals surface area contributed by atoms with Crippen molar-refractivity contribution < 1.29 is 14.3 Å². The number of carbonyl (C=O) groups is 1. The topological polar surface area (TPSA) is 47.6 Å². The Bertz CT molecular complexity index is 1220. The van der Waals surface area contributed by atoms with Crippen molar-refractivity contribution in [2.75, 3.05) is 11.9 Å². The fourth-order valence-electron chi connectivity index (χ4n) is 3.36. The Morgan fingerprint density at radius 1 is 0.871 bits per heavy atom. The van der Waals surface area contributed by atoms with Crippen molar-refractivity contribution in [2.24, 2.45) is 0 Å². The summed E-state index contributed by atoms with van der Waals surface area (Å²) in [6, 6.07) is 26.5. The van der Waals surface area contributed by atoms with Crippen molar-refractivity contribution >= 4 is 34.0 Å². The van der Waals surface area contributed by atoms with Crippen LogP contribution in [0.25, 0.3) is 10.8 Å². The van der Waals surface area contributed by atoms with Gasteiger partial charge in [0.1, 0.15) is 18.1 Å². The average Bonchev–Trinajstić information content (AvgIpc) is 2.80. The van der Waals surface area contributed by atoms with Gasteiger partial charge in [0.2, 0.25) is 0 Å². The zero-order valence-corrected chi connectivity index (χ0v) is 17.9. The maximum atomic E-state index is 12.8. The van der Waals surface area contributed by atoms with Crippen molar-refractivity contribution in [3.8, 4) is 11.5 Å². The smallest absolute Gasteiger partial charge is 0.255 e. The quantitative estimate of drug-likeness (QED) is 0.353. The first-order valence-corrected chi connectivity index (χ1v) is 10.5. The third-order valence-electron chi connectivity index (χ3n) is 4.88. The fourth-order valence-corrected chi connectivity index (χ4v) is 3.55. The van der Waals surface area contributed by atoms with Crippen molar-refractivity contribution in [1.29, 1.82) is 0 Å². The maximum absolute atomic E-state index is 12.8. The number of rotatable bonds is 7. The lowest BCUT2D eigenvalue weighted by atomic mass is 10.1. The van der Waals surface area contributed by atoms with Crippen LogP contribution in [-0.2, 0) is 6.61 Å². The summed E-state index contributed by atoms with van der Waals surface area (Å²) >= 11 is 6.16. The number of carbonyl (C=O) groups excluding carboxylic acids is 1. The van der Waals surface area contributed by atoms with Crippen LogP contribution in [0.2, 0.25) is 5.02 Å². The molecule has 0 unspecified atom stereocenters. The first kappa shape index (κ1) is 20.8. The van der Waals surface area contributed by atoms with E-state index in [1.54, 1.807) is 30.3 Å². The van der Waals surface area contributed by atoms with Gasteiger partial charge in [0.25, 0.3) is 5.91 Å². The minimum atomic E-state index is -0.248. The number of anilines is 1. The number of hydrogen-bond donors (Lipinski definition) is 1. The van der Waals surface area contributed by atoms with Gasteiger partial charge in [-0.1, -0.05) is 60.1 Å². The third-order valence-corrected chi connectivity index (χ3v) is 5.21. The van der Waals surface area contributed by atoms with E-state index in [4.69, 9.17) is 21.1 Å². The first-order valence-electron chi connectivity index (χ1n) is 10.1. The van der Waals surface area contributed by atoms with Gasteiger partial charge < -0.3 is 14.8 Å². The Morgan fingerprint density at radius 3 is 2.48 bits per heavy atom. The van der Waals surface area contributed by atoms with E-state index >= 15 is 0 Å². The molecule has 0 bridgehead atoms. The summed E-state index contributed by atoms with van der Waals surface area (Å²) in [5.74, 6) is 1.23. The second-order valence-corrected chi connectivity index (χ2v) is 7.36. The summed E-state index contributed by atoms with van der Waals surface area (Å²) in [6.45, 7) is 2.72. The molecule has 0 aromatic heterocycles. The molecule has 0 saturated carbocycles. The molecule has 0 fully saturated rings. The van der Waals surface area contributed by atoms with Gasteiger partial charge in [-0.25, -0.2) is 0 Å². The van der Waals surface area contributed by atoms with E-state index in [2.05, 4.69) is 5.32 Å². The minimum absolute atomic E-state index is 0.248.